The van der Waals surface area contributed by atoms with Crippen molar-refractivity contribution in [3.63, 3.8) is 0 Å². The summed E-state index contributed by atoms with van der Waals surface area (Å²) in [5, 5.41) is 29.8. The van der Waals surface area contributed by atoms with Crippen LogP contribution in [0, 0.1) is 15.9 Å². The van der Waals surface area contributed by atoms with Gasteiger partial charge in [-0.3, -0.25) is 14.9 Å². The molecule has 0 saturated carbocycles. The lowest BCUT2D eigenvalue weighted by Gasteiger charge is -2.07. The van der Waals surface area contributed by atoms with E-state index in [4.69, 9.17) is 0 Å². The molecular weight excluding hydrogens is 441 g/mol. The van der Waals surface area contributed by atoms with Crippen molar-refractivity contribution in [2.75, 3.05) is 0 Å². The van der Waals surface area contributed by atoms with Gasteiger partial charge in [0, 0.05) is 28.5 Å². The predicted molar refractivity (Wildman–Crippen MR) is 123 cm³/mol. The number of hydrogen-bond acceptors (Lipinski definition) is 6. The number of nitrogens with zero attached hydrogens (tertiary/aromatic N) is 4. The van der Waals surface area contributed by atoms with Gasteiger partial charge < -0.3 is 10.1 Å². The monoisotopic (exact) mass is 455 g/mol. The van der Waals surface area contributed by atoms with Crippen molar-refractivity contribution in [3.8, 4) is 17.1 Å². The number of non-ortho nitro benzene ring substituents is 1. The van der Waals surface area contributed by atoms with Gasteiger partial charge in [0.1, 0.15) is 5.82 Å². The fraction of sp³-hybridized carbons (Fsp3) is 0. The van der Waals surface area contributed by atoms with Gasteiger partial charge in [-0.05, 0) is 42.5 Å². The molecule has 9 nitrogen and oxygen atoms in total. The summed E-state index contributed by atoms with van der Waals surface area (Å²) < 4.78 is 13.3. The summed E-state index contributed by atoms with van der Waals surface area (Å²) in [6, 6.07) is 18.2. The van der Waals surface area contributed by atoms with Crippen LogP contribution in [0.4, 0.5) is 15.8 Å². The number of para-hydroxylation sites is 1. The molecule has 0 spiro atoms. The molecule has 2 N–H and O–H groups in total. The molecule has 0 bridgehead atoms. The number of fused-ring (bicyclic) bond motifs is 2. The Morgan fingerprint density at radius 2 is 1.79 bits per heavy atom. The first kappa shape index (κ1) is 20.9. The minimum absolute atomic E-state index is 0.0934. The first-order chi connectivity index (χ1) is 16.4. The van der Waals surface area contributed by atoms with Crippen LogP contribution < -0.4 is 0 Å². The maximum absolute atomic E-state index is 13.3. The summed E-state index contributed by atoms with van der Waals surface area (Å²) in [5.41, 5.74) is 1.91. The second kappa shape index (κ2) is 8.17. The Kier molecular flexibility index (Phi) is 5.02. The summed E-state index contributed by atoms with van der Waals surface area (Å²) in [7, 11) is 0. The van der Waals surface area contributed by atoms with Crippen molar-refractivity contribution in [1.82, 2.24) is 9.97 Å². The number of amides is 1. The standard InChI is InChI=1S/C24H14FN5O4/c25-14-7-5-13(6-8-14)21-12-17(16-3-1-2-4-19(16)26-21)23(31)29-28-22-18-11-15(30(33)34)9-10-20(18)27-24(22)32/h1-12,27,32H. The highest BCUT2D eigenvalue weighted by atomic mass is 19.1. The second-order valence-electron chi connectivity index (χ2n) is 7.39. The van der Waals surface area contributed by atoms with Gasteiger partial charge in [0.05, 0.1) is 27.2 Å². The normalized spacial score (nSPS) is 11.4. The molecule has 1 amide bonds. The van der Waals surface area contributed by atoms with Crippen LogP contribution in [0.2, 0.25) is 0 Å². The third-order valence-corrected chi connectivity index (χ3v) is 5.27. The van der Waals surface area contributed by atoms with Gasteiger partial charge in [-0.15, -0.1) is 10.2 Å². The lowest BCUT2D eigenvalue weighted by Crippen LogP contribution is -1.99. The van der Waals surface area contributed by atoms with E-state index < -0.39 is 16.6 Å². The number of halogens is 1. The fourth-order valence-corrected chi connectivity index (χ4v) is 3.64. The van der Waals surface area contributed by atoms with Crippen LogP contribution in [0.3, 0.4) is 0 Å². The Morgan fingerprint density at radius 3 is 2.56 bits per heavy atom. The van der Waals surface area contributed by atoms with Crippen molar-refractivity contribution < 1.29 is 19.2 Å². The molecule has 5 aromatic rings. The van der Waals surface area contributed by atoms with Gasteiger partial charge in [0.25, 0.3) is 11.6 Å². The number of benzene rings is 3. The highest BCUT2D eigenvalue weighted by Gasteiger charge is 2.17. The SMILES string of the molecule is O=C(N=Nc1c(O)[nH]c2ccc([N+](=O)[O-])cc12)c1cc(-c2ccc(F)cc2)nc2ccccc12. The van der Waals surface area contributed by atoms with Crippen molar-refractivity contribution in [3.05, 3.63) is 94.3 Å². The van der Waals surface area contributed by atoms with E-state index in [1.165, 1.54) is 36.4 Å². The van der Waals surface area contributed by atoms with E-state index in [9.17, 15) is 24.4 Å². The molecule has 2 heterocycles. The Labute approximate surface area is 190 Å². The number of aromatic hydroxyl groups is 1. The summed E-state index contributed by atoms with van der Waals surface area (Å²) >= 11 is 0. The van der Waals surface area contributed by atoms with E-state index in [2.05, 4.69) is 20.2 Å². The molecule has 0 radical (unpaired) electrons. The van der Waals surface area contributed by atoms with Crippen molar-refractivity contribution in [1.29, 1.82) is 0 Å². The highest BCUT2D eigenvalue weighted by molar-refractivity contribution is 6.07. The molecule has 3 aromatic carbocycles. The molecule has 34 heavy (non-hydrogen) atoms. The number of rotatable bonds is 4. The first-order valence-electron chi connectivity index (χ1n) is 10.0. The van der Waals surface area contributed by atoms with Crippen molar-refractivity contribution in [2.45, 2.75) is 0 Å². The average Bonchev–Trinajstić information content (AvgIpc) is 3.16. The Hall–Kier alpha value is -4.99. The van der Waals surface area contributed by atoms with Crippen LogP contribution in [-0.4, -0.2) is 25.9 Å². The van der Waals surface area contributed by atoms with E-state index >= 15 is 0 Å². The number of aromatic amines is 1. The van der Waals surface area contributed by atoms with Crippen molar-refractivity contribution >= 4 is 39.1 Å². The molecule has 166 valence electrons. The topological polar surface area (TPSA) is 134 Å². The second-order valence-corrected chi connectivity index (χ2v) is 7.39. The number of carbonyl (C=O) groups is 1. The smallest absolute Gasteiger partial charge is 0.296 e. The molecule has 0 unspecified atom stereocenters. The fourth-order valence-electron chi connectivity index (χ4n) is 3.64. The zero-order valence-corrected chi connectivity index (χ0v) is 17.3. The van der Waals surface area contributed by atoms with Gasteiger partial charge in [-0.2, -0.15) is 0 Å². The number of aromatic nitrogens is 2. The zero-order chi connectivity index (χ0) is 23.8. The summed E-state index contributed by atoms with van der Waals surface area (Å²) in [6.07, 6.45) is 0. The molecule has 2 aromatic heterocycles. The van der Waals surface area contributed by atoms with Crippen LogP contribution in [0.25, 0.3) is 33.1 Å². The van der Waals surface area contributed by atoms with Gasteiger partial charge in [0.2, 0.25) is 5.88 Å². The Balaban J connectivity index is 1.59. The Bertz CT molecular complexity index is 1630. The number of nitrogens with one attached hydrogen (secondary N) is 1. The van der Waals surface area contributed by atoms with E-state index in [1.54, 1.807) is 36.4 Å². The van der Waals surface area contributed by atoms with Crippen LogP contribution in [0.5, 0.6) is 5.88 Å². The molecule has 0 fully saturated rings. The highest BCUT2D eigenvalue weighted by Crippen LogP contribution is 2.37. The van der Waals surface area contributed by atoms with Gasteiger partial charge >= 0.3 is 0 Å². The van der Waals surface area contributed by atoms with Gasteiger partial charge in [0.15, 0.2) is 5.69 Å². The third kappa shape index (κ3) is 3.73. The van der Waals surface area contributed by atoms with Crippen LogP contribution in [-0.2, 0) is 0 Å². The Morgan fingerprint density at radius 1 is 1.03 bits per heavy atom. The number of nitro groups is 1. The molecule has 0 aliphatic heterocycles. The largest absolute Gasteiger partial charge is 0.493 e. The lowest BCUT2D eigenvalue weighted by molar-refractivity contribution is -0.384. The quantitative estimate of drug-likeness (QED) is 0.193. The van der Waals surface area contributed by atoms with Crippen LogP contribution in [0.15, 0.2) is 83.0 Å². The van der Waals surface area contributed by atoms with E-state index in [1.807, 2.05) is 0 Å². The molecule has 0 saturated heterocycles. The molecular formula is C24H14FN5O4. The summed E-state index contributed by atoms with van der Waals surface area (Å²) in [5.74, 6) is -1.48. The zero-order valence-electron chi connectivity index (χ0n) is 17.3. The van der Waals surface area contributed by atoms with Gasteiger partial charge in [-0.1, -0.05) is 18.2 Å². The van der Waals surface area contributed by atoms with Crippen LogP contribution in [0.1, 0.15) is 10.4 Å². The molecule has 10 heteroatoms. The molecule has 5 rings (SSSR count). The number of azo groups is 1. The third-order valence-electron chi connectivity index (χ3n) is 5.27. The van der Waals surface area contributed by atoms with E-state index in [0.717, 1.165) is 0 Å². The van der Waals surface area contributed by atoms with Gasteiger partial charge in [-0.25, -0.2) is 9.37 Å². The summed E-state index contributed by atoms with van der Waals surface area (Å²) in [4.78, 5) is 30.8. The maximum Gasteiger partial charge on any atom is 0.296 e. The lowest BCUT2D eigenvalue weighted by atomic mass is 10.0. The minimum Gasteiger partial charge on any atom is -0.493 e. The maximum atomic E-state index is 13.3. The number of nitro benzene ring substituents is 1. The number of H-pyrrole nitrogens is 1. The van der Waals surface area contributed by atoms with E-state index in [-0.39, 0.29) is 28.2 Å². The van der Waals surface area contributed by atoms with Crippen LogP contribution >= 0.6 is 0 Å². The van der Waals surface area contributed by atoms with Crippen molar-refractivity contribution in [2.24, 2.45) is 10.2 Å². The number of hydrogen-bond donors (Lipinski definition) is 2. The number of carbonyl (C=O) groups excluding carboxylic acids is 1. The minimum atomic E-state index is -0.707. The molecule has 0 aliphatic carbocycles. The predicted octanol–water partition coefficient (Wildman–Crippen LogP) is 6.06. The number of pyridine rings is 1. The average molecular weight is 455 g/mol. The molecule has 0 atom stereocenters. The molecule has 0 aliphatic rings. The van der Waals surface area contributed by atoms with E-state index in [0.29, 0.717) is 27.7 Å². The first-order valence-corrected chi connectivity index (χ1v) is 10.0. The summed E-state index contributed by atoms with van der Waals surface area (Å²) in [6.45, 7) is 0.